The van der Waals surface area contributed by atoms with Crippen molar-refractivity contribution in [2.24, 2.45) is 10.9 Å². The van der Waals surface area contributed by atoms with Crippen LogP contribution in [-0.4, -0.2) is 55.6 Å². The van der Waals surface area contributed by atoms with Crippen LogP contribution in [0.5, 0.6) is 0 Å². The van der Waals surface area contributed by atoms with Crippen molar-refractivity contribution >= 4 is 41.7 Å². The summed E-state index contributed by atoms with van der Waals surface area (Å²) in [6.07, 6.45) is 7.16. The Morgan fingerprint density at radius 2 is 1.86 bits per heavy atom. The number of aryl methyl sites for hydroxylation is 1. The highest BCUT2D eigenvalue weighted by atomic mass is 127. The summed E-state index contributed by atoms with van der Waals surface area (Å²) in [4.78, 5) is 7.43. The number of nitrogens with one attached hydrogen (secondary N) is 2. The molecule has 1 heterocycles. The fraction of sp³-hybridized carbons (Fsp3) is 0.682. The number of likely N-dealkylation sites (tertiary alicyclic amines) is 1. The number of thioether (sulfide) groups is 1. The standard InChI is InChI=1S/C22H38N4S.HI/c1-4-23-22(24-13-5-6-16-27-3)25-17-20-11-14-26(15-12-20)18-21-9-7-19(2)8-10-21;/h7-10,20H,4-6,11-18H2,1-3H3,(H2,23,24,25);1H. The van der Waals surface area contributed by atoms with Gasteiger partial charge in [0.1, 0.15) is 0 Å². The number of benzene rings is 1. The van der Waals surface area contributed by atoms with Crippen LogP contribution in [0.1, 0.15) is 43.7 Å². The Morgan fingerprint density at radius 3 is 2.50 bits per heavy atom. The molecule has 1 fully saturated rings. The Morgan fingerprint density at radius 1 is 1.14 bits per heavy atom. The van der Waals surface area contributed by atoms with Crippen LogP contribution in [0.3, 0.4) is 0 Å². The zero-order valence-corrected chi connectivity index (χ0v) is 21.0. The second kappa shape index (κ2) is 15.4. The van der Waals surface area contributed by atoms with Gasteiger partial charge in [-0.1, -0.05) is 29.8 Å². The van der Waals surface area contributed by atoms with Crippen LogP contribution in [0.15, 0.2) is 29.3 Å². The maximum atomic E-state index is 4.84. The summed E-state index contributed by atoms with van der Waals surface area (Å²) in [5.74, 6) is 2.95. The first-order chi connectivity index (χ1) is 13.2. The summed E-state index contributed by atoms with van der Waals surface area (Å²) in [6, 6.07) is 8.96. The molecule has 2 N–H and O–H groups in total. The van der Waals surface area contributed by atoms with E-state index in [1.165, 1.54) is 55.7 Å². The Kier molecular flexibility index (Phi) is 14.0. The molecule has 6 heteroatoms. The lowest BCUT2D eigenvalue weighted by molar-refractivity contribution is 0.180. The highest BCUT2D eigenvalue weighted by Gasteiger charge is 2.19. The zero-order valence-electron chi connectivity index (χ0n) is 17.9. The van der Waals surface area contributed by atoms with Crippen LogP contribution >= 0.6 is 35.7 Å². The molecule has 160 valence electrons. The van der Waals surface area contributed by atoms with Crippen molar-refractivity contribution in [3.63, 3.8) is 0 Å². The molecule has 0 unspecified atom stereocenters. The summed E-state index contributed by atoms with van der Waals surface area (Å²) in [5, 5.41) is 6.87. The maximum Gasteiger partial charge on any atom is 0.191 e. The van der Waals surface area contributed by atoms with E-state index in [2.05, 4.69) is 59.9 Å². The van der Waals surface area contributed by atoms with Crippen LogP contribution < -0.4 is 10.6 Å². The van der Waals surface area contributed by atoms with Gasteiger partial charge in [0.05, 0.1) is 0 Å². The van der Waals surface area contributed by atoms with E-state index in [0.29, 0.717) is 5.92 Å². The molecule has 0 radical (unpaired) electrons. The molecule has 1 saturated heterocycles. The summed E-state index contributed by atoms with van der Waals surface area (Å²) < 4.78 is 0. The third kappa shape index (κ3) is 10.3. The first kappa shape index (κ1) is 25.6. The second-order valence-corrected chi connectivity index (χ2v) is 8.54. The lowest BCUT2D eigenvalue weighted by Crippen LogP contribution is -2.39. The highest BCUT2D eigenvalue weighted by Crippen LogP contribution is 2.19. The van der Waals surface area contributed by atoms with Gasteiger partial charge in [0.15, 0.2) is 5.96 Å². The molecule has 0 spiro atoms. The number of hydrogen-bond acceptors (Lipinski definition) is 3. The lowest BCUT2D eigenvalue weighted by Gasteiger charge is -2.31. The molecule has 0 saturated carbocycles. The molecular weight excluding hydrogens is 479 g/mol. The molecule has 0 bridgehead atoms. The average Bonchev–Trinajstić information content (AvgIpc) is 2.69. The topological polar surface area (TPSA) is 39.7 Å². The monoisotopic (exact) mass is 518 g/mol. The van der Waals surface area contributed by atoms with Crippen LogP contribution in [0.25, 0.3) is 0 Å². The van der Waals surface area contributed by atoms with Crippen LogP contribution in [-0.2, 0) is 6.54 Å². The Bertz CT molecular complexity index is 542. The first-order valence-corrected chi connectivity index (χ1v) is 11.9. The molecule has 0 amide bonds. The van der Waals surface area contributed by atoms with Gasteiger partial charge < -0.3 is 10.6 Å². The summed E-state index contributed by atoms with van der Waals surface area (Å²) in [6.45, 7) is 10.6. The molecular formula is C22H39IN4S. The zero-order chi connectivity index (χ0) is 19.3. The first-order valence-electron chi connectivity index (χ1n) is 10.5. The molecule has 4 nitrogen and oxygen atoms in total. The second-order valence-electron chi connectivity index (χ2n) is 7.55. The number of unbranched alkanes of at least 4 members (excludes halogenated alkanes) is 1. The molecule has 0 aliphatic carbocycles. The summed E-state index contributed by atoms with van der Waals surface area (Å²) in [5.41, 5.74) is 2.77. The average molecular weight is 519 g/mol. The number of guanidine groups is 1. The number of nitrogens with zero attached hydrogens (tertiary/aromatic N) is 2. The van der Waals surface area contributed by atoms with Crippen LogP contribution in [0.4, 0.5) is 0 Å². The normalized spacial score (nSPS) is 15.9. The van der Waals surface area contributed by atoms with E-state index in [1.54, 1.807) is 0 Å². The molecule has 1 aliphatic heterocycles. The Labute approximate surface area is 193 Å². The van der Waals surface area contributed by atoms with Crippen LogP contribution in [0.2, 0.25) is 0 Å². The fourth-order valence-electron chi connectivity index (χ4n) is 3.42. The quantitative estimate of drug-likeness (QED) is 0.207. The van der Waals surface area contributed by atoms with Crippen molar-refractivity contribution in [3.8, 4) is 0 Å². The van der Waals surface area contributed by atoms with E-state index < -0.39 is 0 Å². The van der Waals surface area contributed by atoms with Gasteiger partial charge >= 0.3 is 0 Å². The minimum atomic E-state index is 0. The van der Waals surface area contributed by atoms with Gasteiger partial charge in [0.25, 0.3) is 0 Å². The van der Waals surface area contributed by atoms with Crippen molar-refractivity contribution in [2.75, 3.05) is 44.7 Å². The Balaban J connectivity index is 0.00000392. The molecule has 1 aliphatic rings. The number of hydrogen-bond donors (Lipinski definition) is 2. The Hall–Kier alpha value is -0.470. The van der Waals surface area contributed by atoms with Crippen molar-refractivity contribution in [1.82, 2.24) is 15.5 Å². The molecule has 0 aromatic heterocycles. The van der Waals surface area contributed by atoms with Gasteiger partial charge in [0.2, 0.25) is 0 Å². The fourth-order valence-corrected chi connectivity index (χ4v) is 3.91. The predicted octanol–water partition coefficient (Wildman–Crippen LogP) is 4.52. The van der Waals surface area contributed by atoms with E-state index in [0.717, 1.165) is 32.1 Å². The largest absolute Gasteiger partial charge is 0.357 e. The van der Waals surface area contributed by atoms with Gasteiger partial charge in [0, 0.05) is 26.2 Å². The van der Waals surface area contributed by atoms with E-state index in [4.69, 9.17) is 4.99 Å². The minimum absolute atomic E-state index is 0. The summed E-state index contributed by atoms with van der Waals surface area (Å²) in [7, 11) is 0. The van der Waals surface area contributed by atoms with Gasteiger partial charge in [-0.15, -0.1) is 24.0 Å². The third-order valence-corrected chi connectivity index (χ3v) is 5.85. The molecule has 0 atom stereocenters. The van der Waals surface area contributed by atoms with Crippen molar-refractivity contribution in [2.45, 2.75) is 46.1 Å². The lowest BCUT2D eigenvalue weighted by atomic mass is 9.96. The van der Waals surface area contributed by atoms with Crippen molar-refractivity contribution in [3.05, 3.63) is 35.4 Å². The van der Waals surface area contributed by atoms with Gasteiger partial charge in [-0.05, 0) is 76.1 Å². The number of piperidine rings is 1. The van der Waals surface area contributed by atoms with Crippen molar-refractivity contribution in [1.29, 1.82) is 0 Å². The number of rotatable bonds is 10. The summed E-state index contributed by atoms with van der Waals surface area (Å²) >= 11 is 1.92. The maximum absolute atomic E-state index is 4.84. The minimum Gasteiger partial charge on any atom is -0.357 e. The number of halogens is 1. The predicted molar refractivity (Wildman–Crippen MR) is 136 cm³/mol. The highest BCUT2D eigenvalue weighted by molar-refractivity contribution is 14.0. The van der Waals surface area contributed by atoms with Crippen molar-refractivity contribution < 1.29 is 0 Å². The van der Waals surface area contributed by atoms with Gasteiger partial charge in [-0.25, -0.2) is 0 Å². The van der Waals surface area contributed by atoms with Gasteiger partial charge in [-0.3, -0.25) is 9.89 Å². The van der Waals surface area contributed by atoms with E-state index in [9.17, 15) is 0 Å². The molecule has 28 heavy (non-hydrogen) atoms. The third-order valence-electron chi connectivity index (χ3n) is 5.15. The van der Waals surface area contributed by atoms with Crippen LogP contribution in [0, 0.1) is 12.8 Å². The smallest absolute Gasteiger partial charge is 0.191 e. The number of aliphatic imine (C=N–C) groups is 1. The van der Waals surface area contributed by atoms with E-state index in [-0.39, 0.29) is 24.0 Å². The van der Waals surface area contributed by atoms with Gasteiger partial charge in [-0.2, -0.15) is 11.8 Å². The molecule has 1 aromatic carbocycles. The van der Waals surface area contributed by atoms with E-state index in [1.807, 2.05) is 11.8 Å². The van der Waals surface area contributed by atoms with E-state index >= 15 is 0 Å². The SMILES string of the molecule is CCNC(=NCC1CCN(Cc2ccc(C)cc2)CC1)NCCCCSC.I. The molecule has 1 aromatic rings. The molecule has 2 rings (SSSR count).